The van der Waals surface area contributed by atoms with Crippen LogP contribution in [-0.2, 0) is 15.4 Å². The molecule has 6 nitrogen and oxygen atoms in total. The molecule has 1 aromatic rings. The molecule has 0 saturated heterocycles. The second-order valence-corrected chi connectivity index (χ2v) is 4.96. The molecule has 1 rings (SSSR count). The number of ether oxygens (including phenoxy) is 2. The maximum Gasteiger partial charge on any atom is 0.273 e. The van der Waals surface area contributed by atoms with Crippen molar-refractivity contribution in [1.29, 1.82) is 0 Å². The summed E-state index contributed by atoms with van der Waals surface area (Å²) >= 11 is 5.83. The fourth-order valence-electron chi connectivity index (χ4n) is 2.16. The molecule has 0 radical (unpaired) electrons. The van der Waals surface area contributed by atoms with Crippen LogP contribution in [0.3, 0.4) is 0 Å². The van der Waals surface area contributed by atoms with E-state index in [9.17, 15) is 10.1 Å². The van der Waals surface area contributed by atoms with Crippen molar-refractivity contribution in [1.82, 2.24) is 0 Å². The lowest BCUT2D eigenvalue weighted by molar-refractivity contribution is -0.385. The Kier molecular flexibility index (Phi) is 7.42. The van der Waals surface area contributed by atoms with E-state index in [0.29, 0.717) is 25.3 Å². The highest BCUT2D eigenvalue weighted by Gasteiger charge is 2.19. The summed E-state index contributed by atoms with van der Waals surface area (Å²) in [5.74, 6) is 0.0981. The van der Waals surface area contributed by atoms with Gasteiger partial charge in [-0.1, -0.05) is 0 Å². The van der Waals surface area contributed by atoms with Crippen LogP contribution in [-0.4, -0.2) is 44.9 Å². The van der Waals surface area contributed by atoms with Crippen LogP contribution >= 0.6 is 11.6 Å². The second-order valence-electron chi connectivity index (χ2n) is 4.69. The Morgan fingerprint density at radius 2 is 2.10 bits per heavy atom. The first-order chi connectivity index (χ1) is 10.0. The molecule has 1 atom stereocenters. The minimum atomic E-state index is -0.417. The van der Waals surface area contributed by atoms with Crippen LogP contribution in [0, 0.1) is 10.1 Å². The van der Waals surface area contributed by atoms with Crippen molar-refractivity contribution >= 4 is 23.0 Å². The predicted octanol–water partition coefficient (Wildman–Crippen LogP) is 2.82. The standard InChI is InChI=1S/C14H21ClN2O4/c1-11(10-21-3)16(6-7-20-2)13-4-5-14(17(18)19)12(8-13)9-15/h4-5,8,11H,6-7,9-10H2,1-3H3. The SMILES string of the molecule is COCCN(c1ccc([N+](=O)[O-])c(CCl)c1)C(C)COC. The van der Waals surface area contributed by atoms with E-state index in [-0.39, 0.29) is 17.6 Å². The van der Waals surface area contributed by atoms with E-state index in [1.807, 2.05) is 6.92 Å². The molecule has 0 aliphatic carbocycles. The van der Waals surface area contributed by atoms with E-state index in [1.54, 1.807) is 26.4 Å². The van der Waals surface area contributed by atoms with E-state index in [4.69, 9.17) is 21.1 Å². The molecule has 0 aromatic heterocycles. The molecule has 21 heavy (non-hydrogen) atoms. The largest absolute Gasteiger partial charge is 0.383 e. The van der Waals surface area contributed by atoms with Gasteiger partial charge in [0.1, 0.15) is 0 Å². The number of rotatable bonds is 9. The topological polar surface area (TPSA) is 64.8 Å². The summed E-state index contributed by atoms with van der Waals surface area (Å²) in [5, 5.41) is 11.0. The van der Waals surface area contributed by atoms with Crippen LogP contribution in [0.4, 0.5) is 11.4 Å². The Labute approximate surface area is 129 Å². The lowest BCUT2D eigenvalue weighted by atomic mass is 10.1. The van der Waals surface area contributed by atoms with Gasteiger partial charge in [-0.2, -0.15) is 0 Å². The molecule has 0 aliphatic heterocycles. The molecule has 0 saturated carbocycles. The van der Waals surface area contributed by atoms with Crippen molar-refractivity contribution in [2.75, 3.05) is 38.9 Å². The van der Waals surface area contributed by atoms with Crippen LogP contribution in [0.2, 0.25) is 0 Å². The maximum atomic E-state index is 11.0. The monoisotopic (exact) mass is 316 g/mol. The third-order valence-electron chi connectivity index (χ3n) is 3.21. The van der Waals surface area contributed by atoms with Crippen molar-refractivity contribution in [3.63, 3.8) is 0 Å². The van der Waals surface area contributed by atoms with E-state index in [1.165, 1.54) is 6.07 Å². The van der Waals surface area contributed by atoms with Crippen LogP contribution in [0.25, 0.3) is 0 Å². The van der Waals surface area contributed by atoms with Crippen molar-refractivity contribution in [2.24, 2.45) is 0 Å². The highest BCUT2D eigenvalue weighted by Crippen LogP contribution is 2.27. The summed E-state index contributed by atoms with van der Waals surface area (Å²) in [5.41, 5.74) is 1.42. The van der Waals surface area contributed by atoms with Crippen molar-refractivity contribution in [2.45, 2.75) is 18.8 Å². The average Bonchev–Trinajstić information content (AvgIpc) is 2.47. The van der Waals surface area contributed by atoms with Crippen LogP contribution in [0.5, 0.6) is 0 Å². The van der Waals surface area contributed by atoms with Gasteiger partial charge in [-0.3, -0.25) is 10.1 Å². The lowest BCUT2D eigenvalue weighted by Crippen LogP contribution is -2.38. The number of hydrogen-bond donors (Lipinski definition) is 0. The number of benzene rings is 1. The third kappa shape index (κ3) is 4.84. The van der Waals surface area contributed by atoms with Gasteiger partial charge in [-0.05, 0) is 19.1 Å². The van der Waals surface area contributed by atoms with Gasteiger partial charge in [-0.25, -0.2) is 0 Å². The average molecular weight is 317 g/mol. The first-order valence-corrected chi connectivity index (χ1v) is 7.16. The van der Waals surface area contributed by atoms with Gasteiger partial charge in [0.15, 0.2) is 0 Å². The maximum absolute atomic E-state index is 11.0. The van der Waals surface area contributed by atoms with Crippen molar-refractivity contribution in [3.8, 4) is 0 Å². The molecule has 118 valence electrons. The molecule has 0 fully saturated rings. The van der Waals surface area contributed by atoms with Gasteiger partial charge in [0, 0.05) is 44.1 Å². The molecule has 0 aliphatic rings. The predicted molar refractivity (Wildman–Crippen MR) is 83.2 cm³/mol. The number of nitro groups is 1. The van der Waals surface area contributed by atoms with E-state index >= 15 is 0 Å². The molecular weight excluding hydrogens is 296 g/mol. The van der Waals surface area contributed by atoms with Crippen molar-refractivity contribution < 1.29 is 14.4 Å². The zero-order chi connectivity index (χ0) is 15.8. The number of methoxy groups -OCH3 is 2. The van der Waals surface area contributed by atoms with Gasteiger partial charge >= 0.3 is 0 Å². The Hall–Kier alpha value is -1.37. The number of nitrogens with zero attached hydrogens (tertiary/aromatic N) is 2. The molecule has 0 bridgehead atoms. The molecule has 7 heteroatoms. The Morgan fingerprint density at radius 1 is 1.38 bits per heavy atom. The van der Waals surface area contributed by atoms with Crippen molar-refractivity contribution in [3.05, 3.63) is 33.9 Å². The first kappa shape index (κ1) is 17.7. The van der Waals surface area contributed by atoms with E-state index < -0.39 is 4.92 Å². The van der Waals surface area contributed by atoms with E-state index in [0.717, 1.165) is 5.69 Å². The molecular formula is C14H21ClN2O4. The van der Waals surface area contributed by atoms with Gasteiger partial charge in [0.05, 0.1) is 24.0 Å². The lowest BCUT2D eigenvalue weighted by Gasteiger charge is -2.31. The number of anilines is 1. The van der Waals surface area contributed by atoms with Crippen LogP contribution in [0.15, 0.2) is 18.2 Å². The van der Waals surface area contributed by atoms with Gasteiger partial charge < -0.3 is 14.4 Å². The number of nitro benzene ring substituents is 1. The summed E-state index contributed by atoms with van der Waals surface area (Å²) in [6.45, 7) is 3.81. The number of halogens is 1. The first-order valence-electron chi connectivity index (χ1n) is 6.63. The summed E-state index contributed by atoms with van der Waals surface area (Å²) in [6.07, 6.45) is 0. The summed E-state index contributed by atoms with van der Waals surface area (Å²) < 4.78 is 10.3. The molecule has 1 unspecified atom stereocenters. The minimum absolute atomic E-state index is 0.0415. The van der Waals surface area contributed by atoms with Crippen LogP contribution in [0.1, 0.15) is 12.5 Å². The van der Waals surface area contributed by atoms with Crippen LogP contribution < -0.4 is 4.90 Å². The highest BCUT2D eigenvalue weighted by atomic mass is 35.5. The summed E-state index contributed by atoms with van der Waals surface area (Å²) in [7, 11) is 3.28. The van der Waals surface area contributed by atoms with Gasteiger partial charge in [0.25, 0.3) is 5.69 Å². The number of hydrogen-bond acceptors (Lipinski definition) is 5. The second kappa shape index (κ2) is 8.81. The fraction of sp³-hybridized carbons (Fsp3) is 0.571. The summed E-state index contributed by atoms with van der Waals surface area (Å²) in [4.78, 5) is 12.6. The fourth-order valence-corrected chi connectivity index (χ4v) is 2.37. The third-order valence-corrected chi connectivity index (χ3v) is 3.50. The molecule has 1 aromatic carbocycles. The highest BCUT2D eigenvalue weighted by molar-refractivity contribution is 6.17. The Morgan fingerprint density at radius 3 is 2.62 bits per heavy atom. The normalized spacial score (nSPS) is 12.2. The van der Waals surface area contributed by atoms with Gasteiger partial charge in [-0.15, -0.1) is 11.6 Å². The minimum Gasteiger partial charge on any atom is -0.383 e. The smallest absolute Gasteiger partial charge is 0.273 e. The zero-order valence-corrected chi connectivity index (χ0v) is 13.3. The zero-order valence-electron chi connectivity index (χ0n) is 12.5. The molecule has 0 N–H and O–H groups in total. The quantitative estimate of drug-likeness (QED) is 0.398. The molecule has 0 spiro atoms. The molecule has 0 amide bonds. The van der Waals surface area contributed by atoms with Gasteiger partial charge in [0.2, 0.25) is 0 Å². The Bertz CT molecular complexity index is 470. The summed E-state index contributed by atoms with van der Waals surface area (Å²) in [6, 6.07) is 5.10. The van der Waals surface area contributed by atoms with E-state index in [2.05, 4.69) is 4.90 Å². The number of alkyl halides is 1. The Balaban J connectivity index is 3.08. The molecule has 0 heterocycles.